The Hall–Kier alpha value is -4.11. The van der Waals surface area contributed by atoms with Crippen LogP contribution in [0.5, 0.6) is 0 Å². The summed E-state index contributed by atoms with van der Waals surface area (Å²) in [5.74, 6) is 0.255. The van der Waals surface area contributed by atoms with Crippen molar-refractivity contribution in [2.24, 2.45) is 0 Å². The number of anilines is 1. The number of aromatic nitrogens is 1. The third-order valence-corrected chi connectivity index (χ3v) is 8.52. The summed E-state index contributed by atoms with van der Waals surface area (Å²) < 4.78 is 13.4. The molecule has 2 aliphatic rings. The lowest BCUT2D eigenvalue weighted by molar-refractivity contribution is -0.425. The fourth-order valence-corrected chi connectivity index (χ4v) is 6.67. The molecule has 0 saturated heterocycles. The molecule has 0 radical (unpaired) electrons. The highest BCUT2D eigenvalue weighted by molar-refractivity contribution is 6.09. The average Bonchev–Trinajstić information content (AvgIpc) is 3.39. The van der Waals surface area contributed by atoms with Crippen LogP contribution in [0.3, 0.4) is 0 Å². The van der Waals surface area contributed by atoms with Gasteiger partial charge < -0.3 is 9.47 Å². The van der Waals surface area contributed by atoms with Gasteiger partial charge in [0.25, 0.3) is 0 Å². The average molecular weight is 484 g/mol. The van der Waals surface area contributed by atoms with Crippen molar-refractivity contribution in [1.29, 1.82) is 0 Å². The van der Waals surface area contributed by atoms with E-state index in [4.69, 9.17) is 1.37 Å². The molecule has 3 heteroatoms. The van der Waals surface area contributed by atoms with Gasteiger partial charge in [-0.25, -0.2) is 4.58 Å². The second kappa shape index (κ2) is 7.94. The van der Waals surface area contributed by atoms with Gasteiger partial charge >= 0.3 is 0 Å². The number of aryl methyl sites for hydroxylation is 2. The standard InChI is InChI=1S/C34H32N3/c1-21-18-22(2)23(3)28(19-21)33-34-27(16-17-35(33)4)29-20-24(14-15-30(29)36(34)5)37-31-12-8-6-10-25(31)26-11-7-9-13-32(26)37/h6-20,27,34H,1-5H3/q+1/i12D. The summed E-state index contributed by atoms with van der Waals surface area (Å²) >= 11 is 0. The van der Waals surface area contributed by atoms with Gasteiger partial charge in [-0.15, -0.1) is 0 Å². The second-order valence-electron chi connectivity index (χ2n) is 10.7. The molecule has 37 heavy (non-hydrogen) atoms. The summed E-state index contributed by atoms with van der Waals surface area (Å²) in [6.45, 7) is 6.66. The third kappa shape index (κ3) is 3.10. The first-order valence-electron chi connectivity index (χ1n) is 13.6. The van der Waals surface area contributed by atoms with E-state index >= 15 is 0 Å². The van der Waals surface area contributed by atoms with Gasteiger partial charge in [0, 0.05) is 40.7 Å². The maximum Gasteiger partial charge on any atom is 0.212 e. The number of rotatable bonds is 2. The van der Waals surface area contributed by atoms with E-state index < -0.39 is 0 Å². The Morgan fingerprint density at radius 3 is 2.46 bits per heavy atom. The van der Waals surface area contributed by atoms with Crippen molar-refractivity contribution >= 4 is 33.2 Å². The topological polar surface area (TPSA) is 11.2 Å². The highest BCUT2D eigenvalue weighted by Gasteiger charge is 2.45. The lowest BCUT2D eigenvalue weighted by Crippen LogP contribution is -2.44. The van der Waals surface area contributed by atoms with E-state index in [0.717, 1.165) is 22.1 Å². The van der Waals surface area contributed by atoms with Crippen LogP contribution in [0.25, 0.3) is 27.5 Å². The Kier molecular flexibility index (Phi) is 4.51. The second-order valence-corrected chi connectivity index (χ2v) is 10.7. The molecular weight excluding hydrogens is 450 g/mol. The predicted octanol–water partition coefficient (Wildman–Crippen LogP) is 7.27. The minimum atomic E-state index is 0.222. The fraction of sp³-hybridized carbons (Fsp3) is 0.206. The molecule has 2 unspecified atom stereocenters. The molecule has 2 atom stereocenters. The zero-order chi connectivity index (χ0) is 26.3. The molecule has 0 fully saturated rings. The van der Waals surface area contributed by atoms with E-state index in [0.29, 0.717) is 6.04 Å². The Morgan fingerprint density at radius 1 is 0.865 bits per heavy atom. The first-order valence-corrected chi connectivity index (χ1v) is 13.1. The van der Waals surface area contributed by atoms with Crippen molar-refractivity contribution in [1.82, 2.24) is 4.57 Å². The van der Waals surface area contributed by atoms with E-state index in [2.05, 4.69) is 122 Å². The number of hydrogen-bond acceptors (Lipinski definition) is 1. The smallest absolute Gasteiger partial charge is 0.212 e. The summed E-state index contributed by atoms with van der Waals surface area (Å²) in [5.41, 5.74) is 12.5. The molecule has 0 N–H and O–H groups in total. The molecule has 0 amide bonds. The van der Waals surface area contributed by atoms with Gasteiger partial charge in [-0.05, 0) is 79.9 Å². The molecule has 182 valence electrons. The monoisotopic (exact) mass is 483 g/mol. The van der Waals surface area contributed by atoms with Crippen molar-refractivity contribution in [2.75, 3.05) is 19.0 Å². The quantitative estimate of drug-likeness (QED) is 0.240. The summed E-state index contributed by atoms with van der Waals surface area (Å²) in [5, 5.41) is 2.32. The van der Waals surface area contributed by atoms with Crippen LogP contribution in [-0.2, 0) is 0 Å². The van der Waals surface area contributed by atoms with Gasteiger partial charge in [0.2, 0.25) is 5.71 Å². The predicted molar refractivity (Wildman–Crippen MR) is 156 cm³/mol. The maximum atomic E-state index is 8.77. The molecule has 0 aliphatic carbocycles. The van der Waals surface area contributed by atoms with Crippen LogP contribution in [-0.4, -0.2) is 35.0 Å². The van der Waals surface area contributed by atoms with Crippen LogP contribution in [0.1, 0.15) is 35.1 Å². The Balaban J connectivity index is 1.42. The van der Waals surface area contributed by atoms with Crippen LogP contribution in [0.15, 0.2) is 91.1 Å². The number of hydrogen-bond donors (Lipinski definition) is 0. The van der Waals surface area contributed by atoms with Gasteiger partial charge in [-0.2, -0.15) is 0 Å². The molecule has 4 aromatic carbocycles. The number of para-hydroxylation sites is 2. The summed E-state index contributed by atoms with van der Waals surface area (Å²) in [6, 6.07) is 26.8. The molecule has 0 spiro atoms. The largest absolute Gasteiger partial charge is 0.361 e. The molecule has 1 aromatic heterocycles. The first kappa shape index (κ1) is 21.0. The van der Waals surface area contributed by atoms with Crippen molar-refractivity contribution in [3.8, 4) is 5.69 Å². The van der Waals surface area contributed by atoms with Crippen molar-refractivity contribution in [2.45, 2.75) is 32.7 Å². The third-order valence-electron chi connectivity index (χ3n) is 8.52. The molecule has 0 bridgehead atoms. The van der Waals surface area contributed by atoms with Crippen LogP contribution in [0.2, 0.25) is 0 Å². The normalized spacial score (nSPS) is 19.1. The van der Waals surface area contributed by atoms with Gasteiger partial charge in [0.15, 0.2) is 6.20 Å². The number of fused-ring (bicyclic) bond motifs is 6. The molecular formula is C34H32N3+. The van der Waals surface area contributed by atoms with Gasteiger partial charge in [0.1, 0.15) is 13.1 Å². The minimum Gasteiger partial charge on any atom is -0.361 e. The zero-order valence-corrected chi connectivity index (χ0v) is 22.1. The summed E-state index contributed by atoms with van der Waals surface area (Å²) in [4.78, 5) is 2.46. The molecule has 5 aromatic rings. The Bertz CT molecular complexity index is 1860. The van der Waals surface area contributed by atoms with Crippen LogP contribution in [0, 0.1) is 20.8 Å². The molecule has 0 saturated carbocycles. The zero-order valence-electron chi connectivity index (χ0n) is 23.1. The van der Waals surface area contributed by atoms with E-state index in [-0.39, 0.29) is 12.0 Å². The van der Waals surface area contributed by atoms with E-state index in [1.165, 1.54) is 44.6 Å². The number of likely N-dealkylation sites (N-methyl/N-ethyl adjacent to an activating group) is 1. The van der Waals surface area contributed by atoms with Gasteiger partial charge in [-0.3, -0.25) is 0 Å². The Labute approximate surface area is 220 Å². The van der Waals surface area contributed by atoms with E-state index in [9.17, 15) is 0 Å². The lowest BCUT2D eigenvalue weighted by atomic mass is 9.84. The highest BCUT2D eigenvalue weighted by atomic mass is 15.2. The Morgan fingerprint density at radius 2 is 1.62 bits per heavy atom. The number of nitrogens with zero attached hydrogens (tertiary/aromatic N) is 3. The van der Waals surface area contributed by atoms with Crippen molar-refractivity contribution < 1.29 is 5.95 Å². The van der Waals surface area contributed by atoms with Crippen molar-refractivity contribution in [3.63, 3.8) is 0 Å². The summed E-state index contributed by atoms with van der Waals surface area (Å²) in [7, 11) is 4.41. The van der Waals surface area contributed by atoms with E-state index in [1.807, 2.05) is 12.1 Å². The number of benzene rings is 4. The van der Waals surface area contributed by atoms with Crippen LogP contribution >= 0.6 is 0 Å². The van der Waals surface area contributed by atoms with Crippen LogP contribution < -0.4 is 4.90 Å². The summed E-state index contributed by atoms with van der Waals surface area (Å²) in [6.07, 6.45) is 4.60. The molecule has 2 aliphatic heterocycles. The van der Waals surface area contributed by atoms with E-state index in [1.54, 1.807) is 0 Å². The minimum absolute atomic E-state index is 0.222. The molecule has 3 heterocycles. The molecule has 3 nitrogen and oxygen atoms in total. The maximum absolute atomic E-state index is 8.77. The lowest BCUT2D eigenvalue weighted by Gasteiger charge is -2.28. The molecule has 7 rings (SSSR count). The van der Waals surface area contributed by atoms with Crippen molar-refractivity contribution in [3.05, 3.63) is 119 Å². The highest BCUT2D eigenvalue weighted by Crippen LogP contribution is 2.45. The van der Waals surface area contributed by atoms with Gasteiger partial charge in [-0.1, -0.05) is 48.0 Å². The first-order chi connectivity index (χ1) is 18.3. The van der Waals surface area contributed by atoms with Crippen LogP contribution in [0.4, 0.5) is 5.69 Å². The van der Waals surface area contributed by atoms with Gasteiger partial charge in [0.05, 0.1) is 12.4 Å². The SMILES string of the molecule is [2H]c1cccc2c3ccccc3n(-c3ccc4c(c3)C3C=C[N+](C)=C(c5cc(C)cc(C)c5C)C3N4C)c12. The fourth-order valence-electron chi connectivity index (χ4n) is 6.67.